The summed E-state index contributed by atoms with van der Waals surface area (Å²) < 4.78 is 30.9. The quantitative estimate of drug-likeness (QED) is 0.921. The second-order valence-corrected chi connectivity index (χ2v) is 6.17. The molecule has 0 saturated carbocycles. The Labute approximate surface area is 114 Å². The molecule has 2 aromatic rings. The summed E-state index contributed by atoms with van der Waals surface area (Å²) in [6, 6.07) is 2.51. The lowest BCUT2D eigenvalue weighted by molar-refractivity contribution is 0.549. The van der Waals surface area contributed by atoms with E-state index in [4.69, 9.17) is 5.73 Å². The molecule has 3 nitrogen and oxygen atoms in total. The maximum absolute atomic E-state index is 13.8. The fourth-order valence-corrected chi connectivity index (χ4v) is 2.70. The molecule has 0 aliphatic rings. The summed E-state index contributed by atoms with van der Waals surface area (Å²) in [5.41, 5.74) is 6.64. The van der Waals surface area contributed by atoms with Crippen LogP contribution in [0.1, 0.15) is 42.9 Å². The minimum Gasteiger partial charge on any atom is -0.319 e. The van der Waals surface area contributed by atoms with Gasteiger partial charge in [0.2, 0.25) is 0 Å². The van der Waals surface area contributed by atoms with Crippen molar-refractivity contribution in [2.24, 2.45) is 5.73 Å². The van der Waals surface area contributed by atoms with Gasteiger partial charge in [0.15, 0.2) is 0 Å². The molecule has 1 heterocycles. The summed E-state index contributed by atoms with van der Waals surface area (Å²) in [6.07, 6.45) is 0. The van der Waals surface area contributed by atoms with E-state index >= 15 is 0 Å². The topological polar surface area (TPSA) is 51.8 Å². The lowest BCUT2D eigenvalue weighted by Crippen LogP contribution is -2.20. The third kappa shape index (κ3) is 2.79. The number of rotatable bonds is 2. The van der Waals surface area contributed by atoms with Crippen LogP contribution in [0.4, 0.5) is 8.78 Å². The van der Waals surface area contributed by atoms with Gasteiger partial charge in [-0.05, 0) is 29.7 Å². The van der Waals surface area contributed by atoms with Gasteiger partial charge in [0, 0.05) is 11.0 Å². The van der Waals surface area contributed by atoms with Crippen molar-refractivity contribution in [3.63, 3.8) is 0 Å². The van der Waals surface area contributed by atoms with Gasteiger partial charge in [-0.2, -0.15) is 0 Å². The van der Waals surface area contributed by atoms with E-state index in [-0.39, 0.29) is 11.0 Å². The third-order valence-electron chi connectivity index (χ3n) is 2.80. The Hall–Kier alpha value is -1.40. The lowest BCUT2D eigenvalue weighted by Gasteiger charge is -2.19. The molecule has 0 spiro atoms. The fraction of sp³-hybridized carbons (Fsp3) is 0.385. The zero-order valence-electron chi connectivity index (χ0n) is 10.9. The van der Waals surface area contributed by atoms with E-state index in [9.17, 15) is 8.78 Å². The molecular formula is C13H15F2N3S. The second kappa shape index (κ2) is 4.94. The highest BCUT2D eigenvalue weighted by atomic mass is 32.1. The van der Waals surface area contributed by atoms with Crippen molar-refractivity contribution in [2.75, 3.05) is 0 Å². The summed E-state index contributed by atoms with van der Waals surface area (Å²) in [5, 5.41) is 4.06. The third-order valence-corrected chi connectivity index (χ3v) is 3.61. The molecule has 0 aliphatic heterocycles. The molecule has 102 valence electrons. The Kier molecular flexibility index (Phi) is 3.64. The molecule has 0 amide bonds. The highest BCUT2D eigenvalue weighted by molar-refractivity contribution is 7.05. The minimum absolute atomic E-state index is 0.122. The largest absolute Gasteiger partial charge is 0.319 e. The lowest BCUT2D eigenvalue weighted by atomic mass is 9.89. The summed E-state index contributed by atoms with van der Waals surface area (Å²) in [4.78, 5) is 0.664. The summed E-state index contributed by atoms with van der Waals surface area (Å²) in [5.74, 6) is -1.04. The van der Waals surface area contributed by atoms with Crippen molar-refractivity contribution in [3.8, 4) is 0 Å². The Balaban J connectivity index is 2.48. The maximum Gasteiger partial charge on any atom is 0.128 e. The second-order valence-electron chi connectivity index (χ2n) is 5.38. The number of halogens is 2. The van der Waals surface area contributed by atoms with Gasteiger partial charge in [-0.3, -0.25) is 0 Å². The number of aromatic nitrogens is 2. The molecule has 6 heteroatoms. The van der Waals surface area contributed by atoms with Crippen molar-refractivity contribution in [1.82, 2.24) is 9.59 Å². The van der Waals surface area contributed by atoms with Crippen LogP contribution in [0.5, 0.6) is 0 Å². The van der Waals surface area contributed by atoms with Gasteiger partial charge in [0.05, 0.1) is 16.6 Å². The SMILES string of the molecule is CC(C)(C)c1nnsc1C(N)c1cc(F)ccc1F. The molecule has 1 aromatic heterocycles. The first-order chi connectivity index (χ1) is 8.80. The van der Waals surface area contributed by atoms with Gasteiger partial charge in [-0.1, -0.05) is 25.3 Å². The van der Waals surface area contributed by atoms with E-state index < -0.39 is 17.7 Å². The Bertz CT molecular complexity index is 590. The van der Waals surface area contributed by atoms with Crippen LogP contribution in [-0.2, 0) is 5.41 Å². The van der Waals surface area contributed by atoms with Gasteiger partial charge in [-0.15, -0.1) is 5.10 Å². The molecule has 0 fully saturated rings. The number of nitrogens with two attached hydrogens (primary N) is 1. The fourth-order valence-electron chi connectivity index (χ4n) is 1.82. The molecule has 0 bridgehead atoms. The maximum atomic E-state index is 13.8. The standard InChI is InChI=1S/C13H15F2N3S/c1-13(2,3)12-11(19-18-17-12)10(16)8-6-7(14)4-5-9(8)15/h4-6,10H,16H2,1-3H3. The molecule has 0 aliphatic carbocycles. The van der Waals surface area contributed by atoms with E-state index in [2.05, 4.69) is 9.59 Å². The van der Waals surface area contributed by atoms with Crippen LogP contribution in [0.2, 0.25) is 0 Å². The molecular weight excluding hydrogens is 268 g/mol. The first kappa shape index (κ1) is 14.0. The zero-order valence-corrected chi connectivity index (χ0v) is 11.8. The van der Waals surface area contributed by atoms with Crippen LogP contribution in [0.15, 0.2) is 18.2 Å². The van der Waals surface area contributed by atoms with E-state index in [1.807, 2.05) is 20.8 Å². The van der Waals surface area contributed by atoms with Gasteiger partial charge in [-0.25, -0.2) is 8.78 Å². The van der Waals surface area contributed by atoms with Gasteiger partial charge >= 0.3 is 0 Å². The molecule has 2 rings (SSSR count). The van der Waals surface area contributed by atoms with Crippen molar-refractivity contribution < 1.29 is 8.78 Å². The molecule has 1 atom stereocenters. The van der Waals surface area contributed by atoms with Gasteiger partial charge in [0.1, 0.15) is 11.6 Å². The van der Waals surface area contributed by atoms with E-state index in [1.165, 1.54) is 0 Å². The normalized spacial score (nSPS) is 13.6. The van der Waals surface area contributed by atoms with Crippen molar-refractivity contribution in [1.29, 1.82) is 0 Å². The Morgan fingerprint density at radius 1 is 1.26 bits per heavy atom. The summed E-state index contributed by atoms with van der Waals surface area (Å²) in [6.45, 7) is 5.92. The smallest absolute Gasteiger partial charge is 0.128 e. The predicted octanol–water partition coefficient (Wildman–Crippen LogP) is 3.16. The van der Waals surface area contributed by atoms with Crippen LogP contribution in [-0.4, -0.2) is 9.59 Å². The van der Waals surface area contributed by atoms with E-state index in [0.29, 0.717) is 10.6 Å². The molecule has 1 aromatic carbocycles. The predicted molar refractivity (Wildman–Crippen MR) is 71.0 cm³/mol. The number of nitrogens with zero attached hydrogens (tertiary/aromatic N) is 2. The van der Waals surface area contributed by atoms with Gasteiger partial charge in [0.25, 0.3) is 0 Å². The van der Waals surface area contributed by atoms with Crippen LogP contribution >= 0.6 is 11.5 Å². The zero-order chi connectivity index (χ0) is 14.2. The molecule has 19 heavy (non-hydrogen) atoms. The average Bonchev–Trinajstić information content (AvgIpc) is 2.80. The van der Waals surface area contributed by atoms with Crippen LogP contribution in [0.3, 0.4) is 0 Å². The summed E-state index contributed by atoms with van der Waals surface area (Å²) in [7, 11) is 0. The Morgan fingerprint density at radius 3 is 2.58 bits per heavy atom. The van der Waals surface area contributed by atoms with Crippen molar-refractivity contribution in [3.05, 3.63) is 46.0 Å². The molecule has 0 saturated heterocycles. The number of hydrogen-bond acceptors (Lipinski definition) is 4. The van der Waals surface area contributed by atoms with E-state index in [1.54, 1.807) is 0 Å². The van der Waals surface area contributed by atoms with Crippen molar-refractivity contribution in [2.45, 2.75) is 32.2 Å². The van der Waals surface area contributed by atoms with Crippen LogP contribution < -0.4 is 5.73 Å². The van der Waals surface area contributed by atoms with E-state index in [0.717, 1.165) is 29.7 Å². The number of benzene rings is 1. The monoisotopic (exact) mass is 283 g/mol. The van der Waals surface area contributed by atoms with Crippen LogP contribution in [0.25, 0.3) is 0 Å². The minimum atomic E-state index is -0.759. The van der Waals surface area contributed by atoms with Crippen LogP contribution in [0, 0.1) is 11.6 Å². The Morgan fingerprint density at radius 2 is 1.95 bits per heavy atom. The first-order valence-electron chi connectivity index (χ1n) is 5.84. The summed E-state index contributed by atoms with van der Waals surface area (Å²) >= 11 is 1.12. The molecule has 1 unspecified atom stereocenters. The highest BCUT2D eigenvalue weighted by Crippen LogP contribution is 2.33. The average molecular weight is 283 g/mol. The first-order valence-corrected chi connectivity index (χ1v) is 6.61. The number of hydrogen-bond donors (Lipinski definition) is 1. The molecule has 0 radical (unpaired) electrons. The molecule has 2 N–H and O–H groups in total. The highest BCUT2D eigenvalue weighted by Gasteiger charge is 2.27. The van der Waals surface area contributed by atoms with Gasteiger partial charge < -0.3 is 5.73 Å². The van der Waals surface area contributed by atoms with Crippen molar-refractivity contribution >= 4 is 11.5 Å².